The van der Waals surface area contributed by atoms with Crippen LogP contribution >= 0.6 is 0 Å². The molecular formula is C10H18N2O3. The summed E-state index contributed by atoms with van der Waals surface area (Å²) in [6.45, 7) is 3.47. The molecule has 0 bridgehead atoms. The molecule has 0 aromatic rings. The zero-order valence-electron chi connectivity index (χ0n) is 8.82. The van der Waals surface area contributed by atoms with Gasteiger partial charge in [0.05, 0.1) is 25.2 Å². The van der Waals surface area contributed by atoms with Crippen LogP contribution in [0.4, 0.5) is 0 Å². The first kappa shape index (κ1) is 10.9. The van der Waals surface area contributed by atoms with Crippen molar-refractivity contribution in [1.82, 2.24) is 10.2 Å². The van der Waals surface area contributed by atoms with E-state index >= 15 is 0 Å². The van der Waals surface area contributed by atoms with Gasteiger partial charge in [0.15, 0.2) is 0 Å². The number of aliphatic hydroxyl groups excluding tert-OH is 1. The molecule has 0 radical (unpaired) electrons. The molecule has 2 saturated heterocycles. The van der Waals surface area contributed by atoms with E-state index in [9.17, 15) is 9.90 Å². The number of likely N-dealkylation sites (tertiary alicyclic amines) is 1. The molecule has 15 heavy (non-hydrogen) atoms. The summed E-state index contributed by atoms with van der Waals surface area (Å²) in [5, 5.41) is 12.5. The first-order chi connectivity index (χ1) is 7.25. The summed E-state index contributed by atoms with van der Waals surface area (Å²) in [7, 11) is 0. The van der Waals surface area contributed by atoms with Crippen molar-refractivity contribution in [2.75, 3.05) is 32.8 Å². The maximum Gasteiger partial charge on any atom is 0.225 e. The third-order valence-corrected chi connectivity index (χ3v) is 2.92. The largest absolute Gasteiger partial charge is 0.391 e. The van der Waals surface area contributed by atoms with Gasteiger partial charge < -0.3 is 20.1 Å². The normalized spacial score (nSPS) is 31.9. The van der Waals surface area contributed by atoms with Crippen LogP contribution in [-0.4, -0.2) is 60.9 Å². The molecule has 1 amide bonds. The second-order valence-corrected chi connectivity index (χ2v) is 4.18. The molecule has 2 aliphatic rings. The summed E-state index contributed by atoms with van der Waals surface area (Å²) in [6, 6.07) is 0. The molecule has 2 aliphatic heterocycles. The van der Waals surface area contributed by atoms with Gasteiger partial charge in [-0.25, -0.2) is 0 Å². The third kappa shape index (κ3) is 2.90. The number of carbonyl (C=O) groups excluding carboxylic acids is 1. The summed E-state index contributed by atoms with van der Waals surface area (Å²) in [4.78, 5) is 13.5. The van der Waals surface area contributed by atoms with Crippen molar-refractivity contribution in [2.45, 2.75) is 25.0 Å². The lowest BCUT2D eigenvalue weighted by Gasteiger charge is -2.25. The van der Waals surface area contributed by atoms with Crippen molar-refractivity contribution in [2.24, 2.45) is 0 Å². The predicted octanol–water partition coefficient (Wildman–Crippen LogP) is -1.04. The van der Waals surface area contributed by atoms with E-state index in [4.69, 9.17) is 4.74 Å². The van der Waals surface area contributed by atoms with Crippen molar-refractivity contribution >= 4 is 5.91 Å². The zero-order chi connectivity index (χ0) is 10.7. The first-order valence-corrected chi connectivity index (χ1v) is 5.54. The van der Waals surface area contributed by atoms with Crippen LogP contribution in [0.25, 0.3) is 0 Å². The molecule has 5 heteroatoms. The number of ether oxygens (including phenoxy) is 1. The van der Waals surface area contributed by atoms with E-state index in [-0.39, 0.29) is 18.1 Å². The highest BCUT2D eigenvalue weighted by molar-refractivity contribution is 5.77. The van der Waals surface area contributed by atoms with Gasteiger partial charge in [-0.15, -0.1) is 0 Å². The quantitative estimate of drug-likeness (QED) is 0.616. The maximum absolute atomic E-state index is 11.8. The van der Waals surface area contributed by atoms with Crippen molar-refractivity contribution in [3.8, 4) is 0 Å². The van der Waals surface area contributed by atoms with E-state index in [1.54, 1.807) is 4.90 Å². The van der Waals surface area contributed by atoms with Gasteiger partial charge in [-0.3, -0.25) is 4.79 Å². The average molecular weight is 214 g/mol. The van der Waals surface area contributed by atoms with Crippen molar-refractivity contribution in [1.29, 1.82) is 0 Å². The Morgan fingerprint density at radius 3 is 3.07 bits per heavy atom. The van der Waals surface area contributed by atoms with E-state index in [1.165, 1.54) is 0 Å². The van der Waals surface area contributed by atoms with Gasteiger partial charge in [0.1, 0.15) is 0 Å². The molecule has 0 aromatic heterocycles. The summed E-state index contributed by atoms with van der Waals surface area (Å²) in [5.41, 5.74) is 0. The Hall–Kier alpha value is -0.650. The van der Waals surface area contributed by atoms with E-state index in [0.717, 1.165) is 13.1 Å². The molecule has 2 N–H and O–H groups in total. The van der Waals surface area contributed by atoms with Gasteiger partial charge in [-0.1, -0.05) is 0 Å². The molecule has 1 unspecified atom stereocenters. The van der Waals surface area contributed by atoms with Crippen molar-refractivity contribution in [3.63, 3.8) is 0 Å². The molecule has 0 aliphatic carbocycles. The smallest absolute Gasteiger partial charge is 0.225 e. The number of amides is 1. The number of nitrogens with zero attached hydrogens (tertiary/aromatic N) is 1. The second-order valence-electron chi connectivity index (χ2n) is 4.18. The summed E-state index contributed by atoms with van der Waals surface area (Å²) in [5.74, 6) is 0.0975. The monoisotopic (exact) mass is 214 g/mol. The Labute approximate surface area is 89.4 Å². The highest BCUT2D eigenvalue weighted by Crippen LogP contribution is 2.12. The highest BCUT2D eigenvalue weighted by atomic mass is 16.5. The van der Waals surface area contributed by atoms with Crippen LogP contribution in [0.5, 0.6) is 0 Å². The van der Waals surface area contributed by atoms with Crippen molar-refractivity contribution in [3.05, 3.63) is 0 Å². The topological polar surface area (TPSA) is 61.8 Å². The number of carbonyl (C=O) groups is 1. The zero-order valence-corrected chi connectivity index (χ0v) is 8.82. The lowest BCUT2D eigenvalue weighted by atomic mass is 10.2. The lowest BCUT2D eigenvalue weighted by molar-refractivity contribution is -0.134. The molecule has 2 fully saturated rings. The molecule has 0 aromatic carbocycles. The minimum Gasteiger partial charge on any atom is -0.391 e. The molecule has 0 spiro atoms. The Bertz CT molecular complexity index is 229. The Balaban J connectivity index is 1.76. The van der Waals surface area contributed by atoms with Gasteiger partial charge in [0.2, 0.25) is 5.91 Å². The number of morpholine rings is 1. The average Bonchev–Trinajstić information content (AvgIpc) is 2.66. The molecule has 2 atom stereocenters. The third-order valence-electron chi connectivity index (χ3n) is 2.92. The number of β-amino-alcohol motifs (C(OH)–C–C–N with tert-alkyl or cyclic N) is 1. The van der Waals surface area contributed by atoms with Gasteiger partial charge in [0, 0.05) is 26.2 Å². The number of aliphatic hydroxyl groups is 1. The molecule has 5 nitrogen and oxygen atoms in total. The van der Waals surface area contributed by atoms with Crippen LogP contribution in [-0.2, 0) is 9.53 Å². The van der Waals surface area contributed by atoms with Crippen LogP contribution in [0.1, 0.15) is 12.8 Å². The Morgan fingerprint density at radius 1 is 1.60 bits per heavy atom. The summed E-state index contributed by atoms with van der Waals surface area (Å²) >= 11 is 0. The fourth-order valence-corrected chi connectivity index (χ4v) is 2.04. The molecule has 2 rings (SSSR count). The predicted molar refractivity (Wildman–Crippen MR) is 54.4 cm³/mol. The summed E-state index contributed by atoms with van der Waals surface area (Å²) < 4.78 is 5.46. The van der Waals surface area contributed by atoms with Crippen LogP contribution < -0.4 is 5.32 Å². The molecule has 2 heterocycles. The molecule has 0 saturated carbocycles. The molecular weight excluding hydrogens is 196 g/mol. The Morgan fingerprint density at radius 2 is 2.47 bits per heavy atom. The van der Waals surface area contributed by atoms with E-state index in [0.29, 0.717) is 32.5 Å². The Kier molecular flexibility index (Phi) is 3.56. The van der Waals surface area contributed by atoms with Gasteiger partial charge in [-0.2, -0.15) is 0 Å². The van der Waals surface area contributed by atoms with Crippen LogP contribution in [0, 0.1) is 0 Å². The fourth-order valence-electron chi connectivity index (χ4n) is 2.04. The molecule has 86 valence electrons. The number of nitrogens with one attached hydrogen (secondary N) is 1. The van der Waals surface area contributed by atoms with E-state index in [2.05, 4.69) is 5.32 Å². The maximum atomic E-state index is 11.8. The van der Waals surface area contributed by atoms with Crippen LogP contribution in [0.15, 0.2) is 0 Å². The highest BCUT2D eigenvalue weighted by Gasteiger charge is 2.27. The van der Waals surface area contributed by atoms with Crippen LogP contribution in [0.2, 0.25) is 0 Å². The number of rotatable bonds is 2. The minimum atomic E-state index is -0.334. The summed E-state index contributed by atoms with van der Waals surface area (Å²) in [6.07, 6.45) is 0.804. The number of hydrogen-bond donors (Lipinski definition) is 2. The minimum absolute atomic E-state index is 0.00370. The first-order valence-electron chi connectivity index (χ1n) is 5.54. The fraction of sp³-hybridized carbons (Fsp3) is 0.900. The van der Waals surface area contributed by atoms with E-state index < -0.39 is 0 Å². The standard InChI is InChI=1S/C10H18N2O3/c13-8-1-3-12(7-8)10(14)5-9-6-11-2-4-15-9/h8-9,11,13H,1-7H2/t8-,9?/m1/s1. The van der Waals surface area contributed by atoms with Gasteiger partial charge in [-0.05, 0) is 6.42 Å². The van der Waals surface area contributed by atoms with Gasteiger partial charge in [0.25, 0.3) is 0 Å². The lowest BCUT2D eigenvalue weighted by Crippen LogP contribution is -2.42. The van der Waals surface area contributed by atoms with E-state index in [1.807, 2.05) is 0 Å². The van der Waals surface area contributed by atoms with Crippen LogP contribution in [0.3, 0.4) is 0 Å². The van der Waals surface area contributed by atoms with Crippen molar-refractivity contribution < 1.29 is 14.6 Å². The number of hydrogen-bond acceptors (Lipinski definition) is 4. The second kappa shape index (κ2) is 4.92. The van der Waals surface area contributed by atoms with Gasteiger partial charge >= 0.3 is 0 Å². The SMILES string of the molecule is O=C(CC1CNCCO1)N1CC[C@@H](O)C1.